The van der Waals surface area contributed by atoms with Gasteiger partial charge in [0.15, 0.2) is 5.60 Å². The van der Waals surface area contributed by atoms with Crippen LogP contribution in [0.5, 0.6) is 0 Å². The second-order valence-corrected chi connectivity index (χ2v) is 7.97. The van der Waals surface area contributed by atoms with E-state index in [0.717, 1.165) is 22.3 Å². The van der Waals surface area contributed by atoms with Crippen LogP contribution in [0.1, 0.15) is 28.4 Å². The molecule has 4 aromatic rings. The fraction of sp³-hybridized carbons (Fsp3) is 0.160. The van der Waals surface area contributed by atoms with Crippen LogP contribution >= 0.6 is 0 Å². The lowest BCUT2D eigenvalue weighted by Gasteiger charge is -2.33. The number of cyclic esters (lactones) is 1. The molecule has 0 aliphatic carbocycles. The Morgan fingerprint density at radius 1 is 1.06 bits per heavy atom. The molecule has 0 saturated heterocycles. The Labute approximate surface area is 179 Å². The molecule has 1 aliphatic rings. The van der Waals surface area contributed by atoms with Crippen molar-refractivity contribution in [2.24, 2.45) is 0 Å². The number of ether oxygens (including phenoxy) is 1. The van der Waals surface area contributed by atoms with Crippen molar-refractivity contribution < 1.29 is 14.3 Å². The molecule has 1 unspecified atom stereocenters. The van der Waals surface area contributed by atoms with E-state index in [-0.39, 0.29) is 0 Å². The zero-order valence-electron chi connectivity index (χ0n) is 17.3. The number of amides is 1. The fourth-order valence-corrected chi connectivity index (χ4v) is 4.02. The van der Waals surface area contributed by atoms with Crippen molar-refractivity contribution >= 4 is 23.3 Å². The van der Waals surface area contributed by atoms with Crippen LogP contribution in [-0.2, 0) is 16.0 Å². The number of hydrogen-bond donors (Lipinski definition) is 1. The summed E-state index contributed by atoms with van der Waals surface area (Å²) in [4.78, 5) is 30.8. The second kappa shape index (κ2) is 7.09. The Balaban J connectivity index is 1.57. The second-order valence-electron chi connectivity index (χ2n) is 7.97. The molecule has 6 heteroatoms. The molecule has 1 amide bonds. The van der Waals surface area contributed by atoms with Gasteiger partial charge in [-0.05, 0) is 37.1 Å². The van der Waals surface area contributed by atoms with E-state index in [9.17, 15) is 9.59 Å². The largest absolute Gasteiger partial charge is 0.445 e. The van der Waals surface area contributed by atoms with Gasteiger partial charge in [0.1, 0.15) is 17.2 Å². The molecule has 5 rings (SSSR count). The summed E-state index contributed by atoms with van der Waals surface area (Å²) in [7, 11) is 0. The van der Waals surface area contributed by atoms with Gasteiger partial charge in [-0.2, -0.15) is 0 Å². The Bertz CT molecular complexity index is 1330. The minimum absolute atomic E-state index is 0.303. The van der Waals surface area contributed by atoms with Gasteiger partial charge in [-0.1, -0.05) is 54.6 Å². The van der Waals surface area contributed by atoms with E-state index in [2.05, 4.69) is 5.32 Å². The lowest BCUT2D eigenvalue weighted by atomic mass is 9.89. The number of imidazole rings is 1. The third kappa shape index (κ3) is 3.17. The van der Waals surface area contributed by atoms with E-state index < -0.39 is 17.5 Å². The highest BCUT2D eigenvalue weighted by Crippen LogP contribution is 2.33. The van der Waals surface area contributed by atoms with Gasteiger partial charge in [-0.3, -0.25) is 9.20 Å². The first-order valence-corrected chi connectivity index (χ1v) is 10.1. The van der Waals surface area contributed by atoms with E-state index in [0.29, 0.717) is 23.5 Å². The number of aromatic nitrogens is 2. The summed E-state index contributed by atoms with van der Waals surface area (Å²) in [6, 6.07) is 20.8. The zero-order chi connectivity index (χ0) is 21.6. The molecule has 2 aromatic carbocycles. The lowest BCUT2D eigenvalue weighted by Crippen LogP contribution is -2.49. The first-order chi connectivity index (χ1) is 15.0. The highest BCUT2D eigenvalue weighted by atomic mass is 16.6. The molecule has 0 radical (unpaired) electrons. The highest BCUT2D eigenvalue weighted by Gasteiger charge is 2.43. The van der Waals surface area contributed by atoms with E-state index in [1.165, 1.54) is 0 Å². The molecule has 1 atom stereocenters. The molecular formula is C25H21N3O3. The van der Waals surface area contributed by atoms with Crippen LogP contribution in [0.25, 0.3) is 16.9 Å². The Kier molecular flexibility index (Phi) is 4.36. The number of benzene rings is 2. The average Bonchev–Trinajstić information content (AvgIpc) is 3.14. The Morgan fingerprint density at radius 2 is 1.81 bits per heavy atom. The van der Waals surface area contributed by atoms with Gasteiger partial charge in [-0.25, -0.2) is 9.78 Å². The van der Waals surface area contributed by atoms with Crippen molar-refractivity contribution in [3.8, 4) is 11.3 Å². The van der Waals surface area contributed by atoms with Crippen molar-refractivity contribution in [2.75, 3.05) is 5.32 Å². The predicted octanol–water partition coefficient (Wildman–Crippen LogP) is 4.42. The minimum Gasteiger partial charge on any atom is -0.445 e. The van der Waals surface area contributed by atoms with Gasteiger partial charge in [0, 0.05) is 18.2 Å². The van der Waals surface area contributed by atoms with Crippen LogP contribution in [0.3, 0.4) is 0 Å². The third-order valence-corrected chi connectivity index (χ3v) is 5.69. The van der Waals surface area contributed by atoms with E-state index in [1.807, 2.05) is 72.1 Å². The maximum Gasteiger partial charge on any atom is 0.339 e. The minimum atomic E-state index is -1.33. The summed E-state index contributed by atoms with van der Waals surface area (Å²) in [5, 5.41) is 3.01. The summed E-state index contributed by atoms with van der Waals surface area (Å²) in [6.45, 7) is 3.62. The van der Waals surface area contributed by atoms with Crippen molar-refractivity contribution in [3.05, 3.63) is 89.6 Å². The number of nitrogens with one attached hydrogen (secondary N) is 1. The number of esters is 1. The highest BCUT2D eigenvalue weighted by molar-refractivity contribution is 6.03. The molecule has 31 heavy (non-hydrogen) atoms. The molecule has 3 heterocycles. The first-order valence-electron chi connectivity index (χ1n) is 10.1. The van der Waals surface area contributed by atoms with E-state index >= 15 is 0 Å². The molecule has 6 nitrogen and oxygen atoms in total. The molecule has 1 aliphatic heterocycles. The van der Waals surface area contributed by atoms with Crippen LogP contribution in [0, 0.1) is 6.92 Å². The van der Waals surface area contributed by atoms with Crippen LogP contribution in [-0.4, -0.2) is 26.9 Å². The normalized spacial score (nSPS) is 17.8. The maximum absolute atomic E-state index is 13.4. The summed E-state index contributed by atoms with van der Waals surface area (Å²) in [5.74, 6) is -0.335. The molecular weight excluding hydrogens is 390 g/mol. The first kappa shape index (κ1) is 19.1. The number of aryl methyl sites for hydroxylation is 1. The molecule has 0 fully saturated rings. The van der Waals surface area contributed by atoms with Crippen LogP contribution in [0.2, 0.25) is 0 Å². The smallest absolute Gasteiger partial charge is 0.339 e. The topological polar surface area (TPSA) is 72.7 Å². The average molecular weight is 411 g/mol. The number of hydrogen-bond acceptors (Lipinski definition) is 4. The molecule has 0 bridgehead atoms. The number of carbonyl (C=O) groups is 2. The van der Waals surface area contributed by atoms with Gasteiger partial charge in [0.2, 0.25) is 0 Å². The quantitative estimate of drug-likeness (QED) is 0.507. The molecule has 0 saturated carbocycles. The molecule has 1 N–H and O–H groups in total. The molecule has 154 valence electrons. The molecule has 2 aromatic heterocycles. The van der Waals surface area contributed by atoms with Crippen molar-refractivity contribution in [1.29, 1.82) is 0 Å². The number of anilines is 1. The van der Waals surface area contributed by atoms with Crippen molar-refractivity contribution in [1.82, 2.24) is 9.38 Å². The lowest BCUT2D eigenvalue weighted by molar-refractivity contribution is -0.134. The standard InChI is InChI=1S/C25H21N3O3/c1-16-9-8-14-28-21(16)26-20(17-10-4-3-5-11-17)22(28)27-24(30)25(2)15-18-12-6-7-13-19(18)23(29)31-25/h3-14H,15H2,1-2H3,(H,27,30). The Hall–Kier alpha value is -3.93. The van der Waals surface area contributed by atoms with Gasteiger partial charge in [0.05, 0.1) is 5.56 Å². The van der Waals surface area contributed by atoms with Gasteiger partial charge in [0.25, 0.3) is 5.91 Å². The van der Waals surface area contributed by atoms with E-state index in [4.69, 9.17) is 9.72 Å². The molecule has 0 spiro atoms. The number of carbonyl (C=O) groups excluding carboxylic acids is 2. The number of nitrogens with zero attached hydrogens (tertiary/aromatic N) is 2. The number of pyridine rings is 1. The number of fused-ring (bicyclic) bond motifs is 2. The summed E-state index contributed by atoms with van der Waals surface area (Å²) < 4.78 is 7.47. The SMILES string of the molecule is Cc1cccn2c(NC(=O)C3(C)Cc4ccccc4C(=O)O3)c(-c3ccccc3)nc12. The predicted molar refractivity (Wildman–Crippen MR) is 118 cm³/mol. The summed E-state index contributed by atoms with van der Waals surface area (Å²) >= 11 is 0. The maximum atomic E-state index is 13.4. The van der Waals surface area contributed by atoms with Crippen LogP contribution in [0.4, 0.5) is 5.82 Å². The number of rotatable bonds is 3. The van der Waals surface area contributed by atoms with Gasteiger partial charge < -0.3 is 10.1 Å². The third-order valence-electron chi connectivity index (χ3n) is 5.69. The van der Waals surface area contributed by atoms with Crippen LogP contribution < -0.4 is 5.32 Å². The zero-order valence-corrected chi connectivity index (χ0v) is 17.3. The monoisotopic (exact) mass is 411 g/mol. The summed E-state index contributed by atoms with van der Waals surface area (Å²) in [5.41, 5.74) is 3.27. The van der Waals surface area contributed by atoms with E-state index in [1.54, 1.807) is 19.1 Å². The summed E-state index contributed by atoms with van der Waals surface area (Å²) in [6.07, 6.45) is 2.17. The van der Waals surface area contributed by atoms with Crippen molar-refractivity contribution in [3.63, 3.8) is 0 Å². The Morgan fingerprint density at radius 3 is 2.61 bits per heavy atom. The fourth-order valence-electron chi connectivity index (χ4n) is 4.02. The van der Waals surface area contributed by atoms with Crippen LogP contribution in [0.15, 0.2) is 72.9 Å². The van der Waals surface area contributed by atoms with Gasteiger partial charge in [-0.15, -0.1) is 0 Å². The van der Waals surface area contributed by atoms with Crippen molar-refractivity contribution in [2.45, 2.75) is 25.9 Å². The van der Waals surface area contributed by atoms with Gasteiger partial charge >= 0.3 is 5.97 Å².